The van der Waals surface area contributed by atoms with E-state index in [0.717, 1.165) is 6.42 Å². The third-order valence-corrected chi connectivity index (χ3v) is 10.3. The van der Waals surface area contributed by atoms with Crippen LogP contribution in [0.2, 0.25) is 0 Å². The molecule has 41 heavy (non-hydrogen) atoms. The van der Waals surface area contributed by atoms with Crippen molar-refractivity contribution in [1.29, 1.82) is 0 Å². The Hall–Kier alpha value is -3.61. The molecule has 2 aromatic heterocycles. The quantitative estimate of drug-likeness (QED) is 0.364. The molecule has 2 fully saturated rings. The number of amides is 2. The second-order valence-corrected chi connectivity index (χ2v) is 13.5. The highest BCUT2D eigenvalue weighted by molar-refractivity contribution is 7.92. The number of hydrogen-bond acceptors (Lipinski definition) is 9. The largest absolute Gasteiger partial charge is 0.394 e. The molecule has 3 N–H and O–H groups in total. The van der Waals surface area contributed by atoms with Crippen LogP contribution in [0.25, 0.3) is 11.4 Å². The average molecular weight is 581 g/mol. The molecule has 0 spiro atoms. The molecular formula is C29H36N6O5S. The van der Waals surface area contributed by atoms with Crippen LogP contribution in [0, 0.1) is 0 Å². The van der Waals surface area contributed by atoms with Crippen LogP contribution < -0.4 is 15.5 Å². The molecule has 1 aliphatic carbocycles. The molecule has 0 unspecified atom stereocenters. The molecule has 1 aliphatic heterocycles. The fourth-order valence-electron chi connectivity index (χ4n) is 5.13. The number of sulfone groups is 1. The fourth-order valence-corrected chi connectivity index (χ4v) is 7.26. The zero-order chi connectivity index (χ0) is 29.3. The Morgan fingerprint density at radius 1 is 1.15 bits per heavy atom. The van der Waals surface area contributed by atoms with Crippen LogP contribution in [-0.2, 0) is 19.3 Å². The number of anilines is 2. The third kappa shape index (κ3) is 5.77. The number of morpholine rings is 1. The van der Waals surface area contributed by atoms with E-state index >= 15 is 0 Å². The van der Waals surface area contributed by atoms with Crippen molar-refractivity contribution in [2.45, 2.75) is 61.3 Å². The first-order chi connectivity index (χ1) is 19.5. The average Bonchev–Trinajstić information content (AvgIpc) is 2.93. The number of aliphatic hydroxyl groups excluding tert-OH is 1. The van der Waals surface area contributed by atoms with Crippen molar-refractivity contribution in [2.75, 3.05) is 36.6 Å². The molecule has 1 saturated carbocycles. The number of pyridine rings is 1. The number of hydrogen-bond donors (Lipinski definition) is 3. The van der Waals surface area contributed by atoms with Crippen LogP contribution in [0.3, 0.4) is 0 Å². The summed E-state index contributed by atoms with van der Waals surface area (Å²) in [5.74, 6) is 1.06. The van der Waals surface area contributed by atoms with Crippen molar-refractivity contribution >= 4 is 27.4 Å². The monoisotopic (exact) mass is 580 g/mol. The standard InChI is InChI=1S/C29H36N6O5S/c1-20-18-40-16-15-35(20)25-17-24(29(11-4-12-29)41(38,39)23-9-13-30-14-10-23)32-26(33-25)21-5-7-22(8-6-21)31-27(37)34-28(2,3)19-36/h5-10,13-14,17,20,36H,4,11-12,15-16,18-19H2,1-3H3,(H2,31,34,37)/t20-/m0/s1. The zero-order valence-corrected chi connectivity index (χ0v) is 24.3. The minimum Gasteiger partial charge on any atom is -0.394 e. The van der Waals surface area contributed by atoms with E-state index in [-0.39, 0.29) is 17.5 Å². The number of rotatable bonds is 8. The van der Waals surface area contributed by atoms with E-state index < -0.39 is 26.2 Å². The maximum atomic E-state index is 14.0. The Kier molecular flexibility index (Phi) is 8.00. The minimum absolute atomic E-state index is 0.0572. The Bertz CT molecular complexity index is 1490. The van der Waals surface area contributed by atoms with Crippen LogP contribution in [0.1, 0.15) is 45.7 Å². The summed E-state index contributed by atoms with van der Waals surface area (Å²) in [6.07, 6.45) is 4.70. The van der Waals surface area contributed by atoms with Gasteiger partial charge in [0, 0.05) is 36.3 Å². The summed E-state index contributed by atoms with van der Waals surface area (Å²) in [6, 6.07) is 11.6. The fraction of sp³-hybridized carbons (Fsp3) is 0.448. The van der Waals surface area contributed by atoms with Crippen molar-refractivity contribution < 1.29 is 23.1 Å². The van der Waals surface area contributed by atoms with E-state index in [0.29, 0.717) is 61.2 Å². The highest BCUT2D eigenvalue weighted by atomic mass is 32.2. The summed E-state index contributed by atoms with van der Waals surface area (Å²) < 4.78 is 32.5. The summed E-state index contributed by atoms with van der Waals surface area (Å²) in [5.41, 5.74) is 0.951. The Morgan fingerprint density at radius 2 is 1.85 bits per heavy atom. The van der Waals surface area contributed by atoms with Gasteiger partial charge in [-0.25, -0.2) is 23.2 Å². The van der Waals surface area contributed by atoms with Crippen LogP contribution in [0.4, 0.5) is 16.3 Å². The van der Waals surface area contributed by atoms with E-state index in [1.807, 2.05) is 6.07 Å². The molecule has 0 radical (unpaired) electrons. The van der Waals surface area contributed by atoms with Gasteiger partial charge in [-0.1, -0.05) is 0 Å². The Labute approximate surface area is 240 Å². The lowest BCUT2D eigenvalue weighted by atomic mass is 9.81. The van der Waals surface area contributed by atoms with Crippen molar-refractivity contribution in [2.24, 2.45) is 0 Å². The normalized spacial score (nSPS) is 18.8. The van der Waals surface area contributed by atoms with Gasteiger partial charge in [0.15, 0.2) is 15.7 Å². The molecule has 0 bridgehead atoms. The second kappa shape index (κ2) is 11.3. The van der Waals surface area contributed by atoms with Crippen LogP contribution >= 0.6 is 0 Å². The topological polar surface area (TPSA) is 147 Å². The summed E-state index contributed by atoms with van der Waals surface area (Å²) >= 11 is 0. The summed E-state index contributed by atoms with van der Waals surface area (Å²) in [7, 11) is -3.76. The molecule has 1 aromatic carbocycles. The maximum absolute atomic E-state index is 14.0. The lowest BCUT2D eigenvalue weighted by molar-refractivity contribution is 0.0985. The summed E-state index contributed by atoms with van der Waals surface area (Å²) in [5, 5.41) is 14.9. The van der Waals surface area contributed by atoms with Gasteiger partial charge in [0.1, 0.15) is 10.6 Å². The molecule has 1 atom stereocenters. The Morgan fingerprint density at radius 3 is 2.46 bits per heavy atom. The maximum Gasteiger partial charge on any atom is 0.319 e. The number of ether oxygens (including phenoxy) is 1. The predicted molar refractivity (Wildman–Crippen MR) is 155 cm³/mol. The zero-order valence-electron chi connectivity index (χ0n) is 23.5. The van der Waals surface area contributed by atoms with Gasteiger partial charge in [-0.05, 0) is 76.4 Å². The number of urea groups is 1. The van der Waals surface area contributed by atoms with Gasteiger partial charge in [-0.2, -0.15) is 0 Å². The van der Waals surface area contributed by atoms with E-state index in [4.69, 9.17) is 14.7 Å². The van der Waals surface area contributed by atoms with E-state index in [9.17, 15) is 18.3 Å². The molecule has 1 saturated heterocycles. The van der Waals surface area contributed by atoms with Gasteiger partial charge in [-0.15, -0.1) is 0 Å². The second-order valence-electron chi connectivity index (χ2n) is 11.3. The van der Waals surface area contributed by atoms with E-state index in [1.54, 1.807) is 38.1 Å². The molecule has 2 amide bonds. The number of nitrogens with one attached hydrogen (secondary N) is 2. The van der Waals surface area contributed by atoms with Crippen LogP contribution in [0.5, 0.6) is 0 Å². The molecule has 218 valence electrons. The number of carbonyl (C=O) groups is 1. The van der Waals surface area contributed by atoms with Crippen molar-refractivity contribution in [3.05, 3.63) is 60.6 Å². The van der Waals surface area contributed by atoms with E-state index in [2.05, 4.69) is 27.4 Å². The molecule has 5 rings (SSSR count). The minimum atomic E-state index is -3.76. The van der Waals surface area contributed by atoms with Crippen molar-refractivity contribution in [3.8, 4) is 11.4 Å². The molecule has 2 aliphatic rings. The van der Waals surface area contributed by atoms with Gasteiger partial charge in [0.25, 0.3) is 0 Å². The van der Waals surface area contributed by atoms with Crippen LogP contribution in [0.15, 0.2) is 59.8 Å². The molecule has 12 heteroatoms. The lowest BCUT2D eigenvalue weighted by Gasteiger charge is -2.41. The van der Waals surface area contributed by atoms with Gasteiger partial charge >= 0.3 is 6.03 Å². The number of benzene rings is 1. The number of carbonyl (C=O) groups excluding carboxylic acids is 1. The number of nitrogens with zero attached hydrogens (tertiary/aromatic N) is 4. The van der Waals surface area contributed by atoms with Crippen molar-refractivity contribution in [1.82, 2.24) is 20.3 Å². The number of aliphatic hydroxyl groups is 1. The third-order valence-electron chi connectivity index (χ3n) is 7.73. The van der Waals surface area contributed by atoms with Gasteiger partial charge in [-0.3, -0.25) is 4.98 Å². The van der Waals surface area contributed by atoms with Crippen molar-refractivity contribution in [3.63, 3.8) is 0 Å². The predicted octanol–water partition coefficient (Wildman–Crippen LogP) is 3.51. The number of aromatic nitrogens is 3. The molecular weight excluding hydrogens is 544 g/mol. The van der Waals surface area contributed by atoms with Gasteiger partial charge in [0.05, 0.1) is 42.0 Å². The molecule has 3 aromatic rings. The lowest BCUT2D eigenvalue weighted by Crippen LogP contribution is -2.48. The SMILES string of the molecule is C[C@H]1COCCN1c1cc(C2(S(=O)(=O)c3ccncc3)CCC2)nc(-c2ccc(NC(=O)NC(C)(C)CO)cc2)n1. The first kappa shape index (κ1) is 28.9. The smallest absolute Gasteiger partial charge is 0.319 e. The van der Waals surface area contributed by atoms with Gasteiger partial charge in [0.2, 0.25) is 0 Å². The molecule has 3 heterocycles. The first-order valence-electron chi connectivity index (χ1n) is 13.7. The Balaban J connectivity index is 1.53. The molecule has 11 nitrogen and oxygen atoms in total. The van der Waals surface area contributed by atoms with E-state index in [1.165, 1.54) is 24.5 Å². The van der Waals surface area contributed by atoms with Crippen LogP contribution in [-0.4, -0.2) is 72.5 Å². The van der Waals surface area contributed by atoms with Gasteiger partial charge < -0.3 is 25.4 Å². The summed E-state index contributed by atoms with van der Waals surface area (Å²) in [4.78, 5) is 28.5. The summed E-state index contributed by atoms with van der Waals surface area (Å²) in [6.45, 7) is 7.02. The first-order valence-corrected chi connectivity index (χ1v) is 15.2. The highest BCUT2D eigenvalue weighted by Crippen LogP contribution is 2.51. The highest BCUT2D eigenvalue weighted by Gasteiger charge is 2.52.